The van der Waals surface area contributed by atoms with Crippen molar-refractivity contribution in [2.24, 2.45) is 4.99 Å². The average Bonchev–Trinajstić information content (AvgIpc) is 2.60. The van der Waals surface area contributed by atoms with E-state index in [-0.39, 0.29) is 42.4 Å². The number of halogens is 3. The molecule has 6 nitrogen and oxygen atoms in total. The monoisotopic (exact) mass is 484 g/mol. The van der Waals surface area contributed by atoms with Gasteiger partial charge < -0.3 is 25.4 Å². The number of alkyl halides is 2. The topological polar surface area (TPSA) is 69.1 Å². The maximum Gasteiger partial charge on any atom is 0.387 e. The fourth-order valence-electron chi connectivity index (χ4n) is 2.84. The third-order valence-electron chi connectivity index (χ3n) is 3.90. The molecule has 26 heavy (non-hydrogen) atoms. The number of aliphatic hydroxyl groups excluding tert-OH is 1. The molecule has 3 N–H and O–H groups in total. The van der Waals surface area contributed by atoms with Gasteiger partial charge in [-0.2, -0.15) is 8.78 Å². The third-order valence-corrected chi connectivity index (χ3v) is 3.90. The third kappa shape index (κ3) is 7.48. The summed E-state index contributed by atoms with van der Waals surface area (Å²) in [7, 11) is 0. The first-order valence-electron chi connectivity index (χ1n) is 8.58. The molecule has 1 unspecified atom stereocenters. The molecule has 1 aliphatic rings. The number of anilines is 1. The Morgan fingerprint density at radius 1 is 1.38 bits per heavy atom. The number of nitrogens with zero attached hydrogens (tertiary/aromatic N) is 2. The molecule has 1 aromatic rings. The van der Waals surface area contributed by atoms with Gasteiger partial charge >= 0.3 is 6.61 Å². The summed E-state index contributed by atoms with van der Waals surface area (Å²) in [5, 5.41) is 15.5. The Bertz CT molecular complexity index is 546. The van der Waals surface area contributed by atoms with Crippen LogP contribution in [0.25, 0.3) is 0 Å². The van der Waals surface area contributed by atoms with E-state index in [4.69, 9.17) is 5.11 Å². The summed E-state index contributed by atoms with van der Waals surface area (Å²) in [5.41, 5.74) is 0.977. The summed E-state index contributed by atoms with van der Waals surface area (Å²) in [6.45, 7) is 2.01. The van der Waals surface area contributed by atoms with Gasteiger partial charge in [0.2, 0.25) is 0 Å². The highest BCUT2D eigenvalue weighted by Gasteiger charge is 2.21. The fraction of sp³-hybridized carbons (Fsp3) is 0.588. The molecule has 148 valence electrons. The van der Waals surface area contributed by atoms with Gasteiger partial charge in [0, 0.05) is 31.4 Å². The zero-order chi connectivity index (χ0) is 18.1. The van der Waals surface area contributed by atoms with Crippen molar-refractivity contribution in [3.8, 4) is 5.75 Å². The summed E-state index contributed by atoms with van der Waals surface area (Å²) >= 11 is 0. The van der Waals surface area contributed by atoms with Crippen LogP contribution in [-0.2, 0) is 0 Å². The molecule has 0 amide bonds. The number of ether oxygens (including phenoxy) is 1. The summed E-state index contributed by atoms with van der Waals surface area (Å²) in [6, 6.07) is 6.94. The maximum absolute atomic E-state index is 12.2. The summed E-state index contributed by atoms with van der Waals surface area (Å²) in [5.74, 6) is 0.861. The van der Waals surface area contributed by atoms with E-state index in [2.05, 4.69) is 25.3 Å². The minimum Gasteiger partial charge on any atom is -0.435 e. The number of rotatable bonds is 7. The predicted octanol–water partition coefficient (Wildman–Crippen LogP) is 2.42. The van der Waals surface area contributed by atoms with Crippen molar-refractivity contribution >= 4 is 35.6 Å². The lowest BCUT2D eigenvalue weighted by Gasteiger charge is -2.35. The van der Waals surface area contributed by atoms with Crippen LogP contribution in [0.2, 0.25) is 0 Å². The summed E-state index contributed by atoms with van der Waals surface area (Å²) in [6.07, 6.45) is 2.04. The van der Waals surface area contributed by atoms with E-state index < -0.39 is 6.61 Å². The molecule has 1 fully saturated rings. The Labute approximate surface area is 170 Å². The minimum absolute atomic E-state index is 0. The normalized spacial score (nSPS) is 17.7. The number of aliphatic imine (C=N–C) groups is 1. The standard InChI is InChI=1S/C17H26F2N4O2.HI/c1-2-20-17(21-9-11-24)22-13-4-3-10-23(12-13)14-5-7-15(8-6-14)25-16(18)19;/h5-8,13,16,24H,2-4,9-12H2,1H3,(H2,20,21,22);1H. The second kappa shape index (κ2) is 12.1. The highest BCUT2D eigenvalue weighted by Crippen LogP contribution is 2.23. The van der Waals surface area contributed by atoms with E-state index in [0.717, 1.165) is 38.2 Å². The highest BCUT2D eigenvalue weighted by atomic mass is 127. The smallest absolute Gasteiger partial charge is 0.387 e. The number of piperidine rings is 1. The molecule has 1 heterocycles. The molecule has 0 radical (unpaired) electrons. The van der Waals surface area contributed by atoms with Gasteiger partial charge in [0.1, 0.15) is 5.75 Å². The first kappa shape index (κ1) is 22.7. The Morgan fingerprint density at radius 2 is 2.12 bits per heavy atom. The minimum atomic E-state index is -2.81. The van der Waals surface area contributed by atoms with Crippen LogP contribution in [0, 0.1) is 0 Å². The molecule has 1 saturated heterocycles. The molecule has 1 aromatic carbocycles. The summed E-state index contributed by atoms with van der Waals surface area (Å²) in [4.78, 5) is 6.51. The molecule has 9 heteroatoms. The van der Waals surface area contributed by atoms with E-state index in [9.17, 15) is 8.78 Å². The zero-order valence-electron chi connectivity index (χ0n) is 14.8. The van der Waals surface area contributed by atoms with Gasteiger partial charge in [-0.25, -0.2) is 0 Å². The van der Waals surface area contributed by atoms with Gasteiger partial charge in [0.05, 0.1) is 13.2 Å². The van der Waals surface area contributed by atoms with Crippen molar-refractivity contribution in [3.05, 3.63) is 24.3 Å². The molecule has 0 aromatic heterocycles. The number of aliphatic hydroxyl groups is 1. The van der Waals surface area contributed by atoms with Gasteiger partial charge in [0.15, 0.2) is 5.96 Å². The van der Waals surface area contributed by atoms with E-state index >= 15 is 0 Å². The predicted molar refractivity (Wildman–Crippen MR) is 110 cm³/mol. The van der Waals surface area contributed by atoms with E-state index in [0.29, 0.717) is 12.5 Å². The largest absolute Gasteiger partial charge is 0.435 e. The molecule has 0 saturated carbocycles. The maximum atomic E-state index is 12.2. The van der Waals surface area contributed by atoms with Crippen molar-refractivity contribution < 1.29 is 18.6 Å². The van der Waals surface area contributed by atoms with Gasteiger partial charge in [-0.3, -0.25) is 4.99 Å². The van der Waals surface area contributed by atoms with E-state index in [1.807, 2.05) is 6.92 Å². The highest BCUT2D eigenvalue weighted by molar-refractivity contribution is 14.0. The lowest BCUT2D eigenvalue weighted by molar-refractivity contribution is -0.0498. The van der Waals surface area contributed by atoms with Crippen LogP contribution in [-0.4, -0.2) is 56.5 Å². The van der Waals surface area contributed by atoms with E-state index in [1.165, 1.54) is 0 Å². The van der Waals surface area contributed by atoms with Crippen LogP contribution in [0.5, 0.6) is 5.75 Å². The number of hydrogen-bond donors (Lipinski definition) is 3. The Balaban J connectivity index is 0.00000338. The first-order valence-corrected chi connectivity index (χ1v) is 8.58. The molecule has 0 spiro atoms. The molecule has 0 bridgehead atoms. The van der Waals surface area contributed by atoms with Crippen molar-refractivity contribution in [1.82, 2.24) is 10.6 Å². The van der Waals surface area contributed by atoms with E-state index in [1.54, 1.807) is 24.3 Å². The van der Waals surface area contributed by atoms with Gasteiger partial charge in [-0.1, -0.05) is 0 Å². The molecule has 2 rings (SSSR count). The zero-order valence-corrected chi connectivity index (χ0v) is 17.2. The van der Waals surface area contributed by atoms with Crippen LogP contribution < -0.4 is 20.3 Å². The van der Waals surface area contributed by atoms with Gasteiger partial charge in [-0.05, 0) is 44.0 Å². The van der Waals surface area contributed by atoms with Crippen molar-refractivity contribution in [2.75, 3.05) is 37.7 Å². The average molecular weight is 484 g/mol. The number of nitrogens with one attached hydrogen (secondary N) is 2. The number of benzene rings is 1. The number of guanidine groups is 1. The number of hydrogen-bond acceptors (Lipinski definition) is 4. The molecular weight excluding hydrogens is 457 g/mol. The molecule has 1 aliphatic heterocycles. The van der Waals surface area contributed by atoms with Crippen LogP contribution in [0.15, 0.2) is 29.3 Å². The first-order chi connectivity index (χ1) is 12.1. The van der Waals surface area contributed by atoms with Crippen LogP contribution in [0.1, 0.15) is 19.8 Å². The van der Waals surface area contributed by atoms with Crippen LogP contribution in [0.3, 0.4) is 0 Å². The molecule has 1 atom stereocenters. The molecule has 0 aliphatic carbocycles. The second-order valence-electron chi connectivity index (χ2n) is 5.79. The Morgan fingerprint density at radius 3 is 2.73 bits per heavy atom. The molecular formula is C17H27F2IN4O2. The fourth-order valence-corrected chi connectivity index (χ4v) is 2.84. The quantitative estimate of drug-likeness (QED) is 0.315. The second-order valence-corrected chi connectivity index (χ2v) is 5.79. The van der Waals surface area contributed by atoms with Crippen LogP contribution >= 0.6 is 24.0 Å². The van der Waals surface area contributed by atoms with Gasteiger partial charge in [-0.15, -0.1) is 24.0 Å². The SMILES string of the molecule is CCNC(=NCCO)NC1CCCN(c2ccc(OC(F)F)cc2)C1.I. The lowest BCUT2D eigenvalue weighted by atomic mass is 10.0. The van der Waals surface area contributed by atoms with Crippen molar-refractivity contribution in [2.45, 2.75) is 32.4 Å². The Hall–Kier alpha value is -1.36. The summed E-state index contributed by atoms with van der Waals surface area (Å²) < 4.78 is 28.8. The lowest BCUT2D eigenvalue weighted by Crippen LogP contribution is -2.51. The van der Waals surface area contributed by atoms with Crippen molar-refractivity contribution in [3.63, 3.8) is 0 Å². The Kier molecular flexibility index (Phi) is 10.6. The van der Waals surface area contributed by atoms with Crippen molar-refractivity contribution in [1.29, 1.82) is 0 Å². The van der Waals surface area contributed by atoms with Gasteiger partial charge in [0.25, 0.3) is 0 Å². The van der Waals surface area contributed by atoms with Crippen LogP contribution in [0.4, 0.5) is 14.5 Å².